The van der Waals surface area contributed by atoms with Gasteiger partial charge in [-0.15, -0.1) is 0 Å². The number of carbonyl (C=O) groups is 1. The van der Waals surface area contributed by atoms with Crippen molar-refractivity contribution in [1.29, 1.82) is 0 Å². The number of rotatable bonds is 5. The molecule has 2 aromatic carbocycles. The van der Waals surface area contributed by atoms with Gasteiger partial charge in [0.05, 0.1) is 12.0 Å². The van der Waals surface area contributed by atoms with Gasteiger partial charge in [0, 0.05) is 24.0 Å². The fourth-order valence-electron chi connectivity index (χ4n) is 2.67. The van der Waals surface area contributed by atoms with Crippen LogP contribution in [0.1, 0.15) is 16.1 Å². The summed E-state index contributed by atoms with van der Waals surface area (Å²) in [6, 6.07) is 15.2. The lowest BCUT2D eigenvalue weighted by molar-refractivity contribution is 0.0946. The molecule has 1 N–H and O–H groups in total. The van der Waals surface area contributed by atoms with E-state index in [4.69, 9.17) is 16.3 Å². The summed E-state index contributed by atoms with van der Waals surface area (Å²) < 4.78 is 7.06. The third kappa shape index (κ3) is 3.82. The van der Waals surface area contributed by atoms with E-state index in [0.29, 0.717) is 17.3 Å². The highest BCUT2D eigenvalue weighted by molar-refractivity contribution is 7.20. The molecular formula is C20H16ClN3O2S. The molecule has 1 amide bonds. The Morgan fingerprint density at radius 1 is 1.15 bits per heavy atom. The molecule has 0 aliphatic heterocycles. The minimum Gasteiger partial charge on any atom is -0.497 e. The van der Waals surface area contributed by atoms with Crippen LogP contribution in [0.25, 0.3) is 15.4 Å². The van der Waals surface area contributed by atoms with Crippen molar-refractivity contribution in [2.24, 2.45) is 0 Å². The first-order valence-electron chi connectivity index (χ1n) is 8.28. The van der Waals surface area contributed by atoms with Crippen LogP contribution in [0, 0.1) is 0 Å². The predicted molar refractivity (Wildman–Crippen MR) is 108 cm³/mol. The van der Waals surface area contributed by atoms with Crippen molar-refractivity contribution < 1.29 is 9.53 Å². The monoisotopic (exact) mass is 397 g/mol. The number of hydrogen-bond acceptors (Lipinski definition) is 4. The standard InChI is InChI=1S/C20H16ClN3O2S/c1-26-16-8-4-14(5-9-16)18-12-24-11-17(23-20(24)27-18)19(25)22-10-13-2-6-15(21)7-3-13/h2-9,11-12H,10H2,1H3,(H,22,25). The van der Waals surface area contributed by atoms with Gasteiger partial charge < -0.3 is 10.1 Å². The van der Waals surface area contributed by atoms with Gasteiger partial charge in [-0.1, -0.05) is 35.1 Å². The molecule has 27 heavy (non-hydrogen) atoms. The Labute approximate surface area is 165 Å². The fraction of sp³-hybridized carbons (Fsp3) is 0.100. The zero-order valence-corrected chi connectivity index (χ0v) is 16.1. The van der Waals surface area contributed by atoms with Crippen molar-refractivity contribution >= 4 is 33.8 Å². The Morgan fingerprint density at radius 2 is 1.89 bits per heavy atom. The number of nitrogens with one attached hydrogen (secondary N) is 1. The first kappa shape index (κ1) is 17.6. The van der Waals surface area contributed by atoms with Crippen molar-refractivity contribution in [3.8, 4) is 16.2 Å². The zero-order valence-electron chi connectivity index (χ0n) is 14.5. The van der Waals surface area contributed by atoms with E-state index in [1.54, 1.807) is 25.4 Å². The first-order chi connectivity index (χ1) is 13.1. The number of benzene rings is 2. The predicted octanol–water partition coefficient (Wildman–Crippen LogP) is 4.65. The van der Waals surface area contributed by atoms with Crippen LogP contribution in [0.4, 0.5) is 0 Å². The Balaban J connectivity index is 1.47. The minimum atomic E-state index is -0.202. The molecular weight excluding hydrogens is 382 g/mol. The molecule has 4 rings (SSSR count). The number of aromatic nitrogens is 2. The number of amides is 1. The van der Waals surface area contributed by atoms with Crippen molar-refractivity contribution in [3.05, 3.63) is 77.2 Å². The number of thiazole rings is 1. The fourth-order valence-corrected chi connectivity index (χ4v) is 3.77. The van der Waals surface area contributed by atoms with E-state index in [-0.39, 0.29) is 5.91 Å². The number of hydrogen-bond donors (Lipinski definition) is 1. The second-order valence-electron chi connectivity index (χ2n) is 5.95. The molecule has 4 aromatic rings. The van der Waals surface area contributed by atoms with E-state index in [1.165, 1.54) is 11.3 Å². The topological polar surface area (TPSA) is 55.6 Å². The molecule has 0 aliphatic carbocycles. The molecule has 0 bridgehead atoms. The molecule has 5 nitrogen and oxygen atoms in total. The normalized spacial score (nSPS) is 10.9. The lowest BCUT2D eigenvalue weighted by Gasteiger charge is -2.03. The Hall–Kier alpha value is -2.83. The summed E-state index contributed by atoms with van der Waals surface area (Å²) in [6.07, 6.45) is 3.72. The number of nitrogens with zero attached hydrogens (tertiary/aromatic N) is 2. The first-order valence-corrected chi connectivity index (χ1v) is 9.47. The van der Waals surface area contributed by atoms with Crippen molar-refractivity contribution in [2.45, 2.75) is 6.54 Å². The molecule has 0 saturated heterocycles. The van der Waals surface area contributed by atoms with E-state index in [1.807, 2.05) is 47.0 Å². The molecule has 0 fully saturated rings. The second-order valence-corrected chi connectivity index (χ2v) is 7.39. The Kier molecular flexibility index (Phi) is 4.83. The molecule has 2 heterocycles. The lowest BCUT2D eigenvalue weighted by atomic mass is 10.2. The van der Waals surface area contributed by atoms with E-state index in [9.17, 15) is 4.79 Å². The number of fused-ring (bicyclic) bond motifs is 1. The van der Waals surface area contributed by atoms with Crippen LogP contribution in [0.3, 0.4) is 0 Å². The summed E-state index contributed by atoms with van der Waals surface area (Å²) in [5, 5.41) is 3.55. The van der Waals surface area contributed by atoms with Gasteiger partial charge in [-0.2, -0.15) is 0 Å². The number of methoxy groups -OCH3 is 1. The molecule has 0 unspecified atom stereocenters. The van der Waals surface area contributed by atoms with Gasteiger partial charge >= 0.3 is 0 Å². The van der Waals surface area contributed by atoms with E-state index >= 15 is 0 Å². The van der Waals surface area contributed by atoms with Crippen molar-refractivity contribution in [3.63, 3.8) is 0 Å². The Morgan fingerprint density at radius 3 is 2.56 bits per heavy atom. The smallest absolute Gasteiger partial charge is 0.271 e. The summed E-state index contributed by atoms with van der Waals surface area (Å²) in [4.78, 5) is 18.7. The number of ether oxygens (including phenoxy) is 1. The van der Waals surface area contributed by atoms with E-state index < -0.39 is 0 Å². The second kappa shape index (κ2) is 7.42. The van der Waals surface area contributed by atoms with Crippen LogP contribution < -0.4 is 10.1 Å². The average molecular weight is 398 g/mol. The summed E-state index contributed by atoms with van der Waals surface area (Å²) in [6.45, 7) is 0.429. The van der Waals surface area contributed by atoms with Crippen LogP contribution in [-0.2, 0) is 6.54 Å². The molecule has 2 aromatic heterocycles. The van der Waals surface area contributed by atoms with Gasteiger partial charge in [-0.25, -0.2) is 4.98 Å². The lowest BCUT2D eigenvalue weighted by Crippen LogP contribution is -2.23. The van der Waals surface area contributed by atoms with Gasteiger partial charge in [0.2, 0.25) is 0 Å². The van der Waals surface area contributed by atoms with Crippen LogP contribution in [0.5, 0.6) is 5.75 Å². The number of imidazole rings is 1. The van der Waals surface area contributed by atoms with Crippen molar-refractivity contribution in [2.75, 3.05) is 7.11 Å². The maximum atomic E-state index is 12.4. The molecule has 7 heteroatoms. The summed E-state index contributed by atoms with van der Waals surface area (Å²) in [7, 11) is 1.65. The number of halogens is 1. The van der Waals surface area contributed by atoms with Crippen molar-refractivity contribution in [1.82, 2.24) is 14.7 Å². The molecule has 0 atom stereocenters. The highest BCUT2D eigenvalue weighted by Gasteiger charge is 2.13. The van der Waals surface area contributed by atoms with Gasteiger partial charge in [0.25, 0.3) is 5.91 Å². The van der Waals surface area contributed by atoms with Crippen LogP contribution in [0.2, 0.25) is 5.02 Å². The van der Waals surface area contributed by atoms with Gasteiger partial charge in [0.1, 0.15) is 11.4 Å². The van der Waals surface area contributed by atoms with Crippen LogP contribution in [0.15, 0.2) is 60.9 Å². The average Bonchev–Trinajstić information content (AvgIpc) is 3.27. The third-order valence-electron chi connectivity index (χ3n) is 4.13. The highest BCUT2D eigenvalue weighted by atomic mass is 35.5. The van der Waals surface area contributed by atoms with Gasteiger partial charge in [-0.05, 0) is 47.5 Å². The number of carbonyl (C=O) groups excluding carboxylic acids is 1. The summed E-state index contributed by atoms with van der Waals surface area (Å²) >= 11 is 7.40. The minimum absolute atomic E-state index is 0.202. The van der Waals surface area contributed by atoms with Crippen LogP contribution in [-0.4, -0.2) is 22.4 Å². The molecule has 0 radical (unpaired) electrons. The Bertz CT molecular complexity index is 1050. The summed E-state index contributed by atoms with van der Waals surface area (Å²) in [5.74, 6) is 0.617. The van der Waals surface area contributed by atoms with Crippen LogP contribution >= 0.6 is 22.9 Å². The summed E-state index contributed by atoms with van der Waals surface area (Å²) in [5.41, 5.74) is 2.46. The molecule has 0 saturated carbocycles. The maximum Gasteiger partial charge on any atom is 0.271 e. The quantitative estimate of drug-likeness (QED) is 0.533. The molecule has 136 valence electrons. The van der Waals surface area contributed by atoms with Gasteiger partial charge in [-0.3, -0.25) is 9.20 Å². The largest absolute Gasteiger partial charge is 0.497 e. The maximum absolute atomic E-state index is 12.4. The third-order valence-corrected chi connectivity index (χ3v) is 5.43. The van der Waals surface area contributed by atoms with E-state index in [0.717, 1.165) is 26.7 Å². The zero-order chi connectivity index (χ0) is 18.8. The highest BCUT2D eigenvalue weighted by Crippen LogP contribution is 2.29. The van der Waals surface area contributed by atoms with Gasteiger partial charge in [0.15, 0.2) is 4.96 Å². The molecule has 0 aliphatic rings. The molecule has 0 spiro atoms. The van der Waals surface area contributed by atoms with E-state index in [2.05, 4.69) is 10.3 Å². The SMILES string of the molecule is COc1ccc(-c2cn3cc(C(=O)NCc4ccc(Cl)cc4)nc3s2)cc1.